The summed E-state index contributed by atoms with van der Waals surface area (Å²) in [4.78, 5) is 13.3. The molecule has 0 aromatic carbocycles. The zero-order valence-electron chi connectivity index (χ0n) is 12.9. The van der Waals surface area contributed by atoms with Gasteiger partial charge in [0.05, 0.1) is 0 Å². The van der Waals surface area contributed by atoms with Gasteiger partial charge in [-0.1, -0.05) is 6.92 Å². The molecule has 6 nitrogen and oxygen atoms in total. The smallest absolute Gasteiger partial charge is 0.241 e. The summed E-state index contributed by atoms with van der Waals surface area (Å²) in [6, 6.07) is 0.0126. The number of hydrogen-bond acceptors (Lipinski definition) is 4. The lowest BCUT2D eigenvalue weighted by molar-refractivity contribution is -0.128. The monoisotopic (exact) mass is 305 g/mol. The van der Waals surface area contributed by atoms with Crippen LogP contribution in [0.1, 0.15) is 33.1 Å². The summed E-state index contributed by atoms with van der Waals surface area (Å²) in [5.74, 6) is -0.361. The Morgan fingerprint density at radius 2 is 1.85 bits per heavy atom. The predicted molar refractivity (Wildman–Crippen MR) is 80.0 cm³/mol. The zero-order valence-corrected chi connectivity index (χ0v) is 13.7. The van der Waals surface area contributed by atoms with Crippen molar-refractivity contribution in [3.8, 4) is 0 Å². The lowest BCUT2D eigenvalue weighted by Crippen LogP contribution is -2.51. The molecule has 0 aromatic heterocycles. The van der Waals surface area contributed by atoms with Crippen LogP contribution in [0.3, 0.4) is 0 Å². The number of piperidine rings is 1. The fourth-order valence-electron chi connectivity index (χ4n) is 2.53. The summed E-state index contributed by atoms with van der Waals surface area (Å²) in [6.07, 6.45) is 2.37. The van der Waals surface area contributed by atoms with E-state index in [0.717, 1.165) is 32.4 Å². The molecule has 1 atom stereocenters. The van der Waals surface area contributed by atoms with Gasteiger partial charge in [0.1, 0.15) is 0 Å². The van der Waals surface area contributed by atoms with Gasteiger partial charge in [-0.2, -0.15) is 4.31 Å². The molecule has 1 aliphatic heterocycles. The van der Waals surface area contributed by atoms with Gasteiger partial charge in [-0.15, -0.1) is 0 Å². The van der Waals surface area contributed by atoms with E-state index in [4.69, 9.17) is 0 Å². The van der Waals surface area contributed by atoms with Crippen LogP contribution in [-0.4, -0.2) is 68.6 Å². The first-order valence-electron chi connectivity index (χ1n) is 7.24. The summed E-state index contributed by atoms with van der Waals surface area (Å²) < 4.78 is 27.0. The van der Waals surface area contributed by atoms with Gasteiger partial charge in [0.25, 0.3) is 0 Å². The Morgan fingerprint density at radius 3 is 2.30 bits per heavy atom. The van der Waals surface area contributed by atoms with Crippen LogP contribution in [0.2, 0.25) is 0 Å². The minimum absolute atomic E-state index is 0.0126. The molecule has 1 N–H and O–H groups in total. The second-order valence-corrected chi connectivity index (χ2v) is 7.72. The van der Waals surface area contributed by atoms with E-state index in [-0.39, 0.29) is 11.9 Å². The molecule has 1 aliphatic rings. The molecular weight excluding hydrogens is 278 g/mol. The molecule has 0 radical (unpaired) electrons. The molecule has 1 saturated heterocycles. The van der Waals surface area contributed by atoms with Crippen molar-refractivity contribution in [2.45, 2.75) is 44.4 Å². The molecule has 0 bridgehead atoms. The highest BCUT2D eigenvalue weighted by Crippen LogP contribution is 2.20. The first kappa shape index (κ1) is 17.4. The molecular formula is C13H27N3O3S. The van der Waals surface area contributed by atoms with Gasteiger partial charge in [0.15, 0.2) is 5.25 Å². The van der Waals surface area contributed by atoms with Crippen molar-refractivity contribution in [2.24, 2.45) is 0 Å². The zero-order chi connectivity index (χ0) is 15.3. The molecule has 1 amide bonds. The van der Waals surface area contributed by atoms with E-state index in [2.05, 4.69) is 5.32 Å². The van der Waals surface area contributed by atoms with Gasteiger partial charge in [-0.25, -0.2) is 8.42 Å². The van der Waals surface area contributed by atoms with Crippen molar-refractivity contribution in [2.75, 3.05) is 33.7 Å². The van der Waals surface area contributed by atoms with Crippen molar-refractivity contribution in [3.63, 3.8) is 0 Å². The molecule has 0 aliphatic carbocycles. The Morgan fingerprint density at radius 1 is 1.30 bits per heavy atom. The van der Waals surface area contributed by atoms with E-state index in [1.807, 2.05) is 6.92 Å². The Hall–Kier alpha value is -0.660. The number of nitrogens with zero attached hydrogens (tertiary/aromatic N) is 2. The van der Waals surface area contributed by atoms with Crippen molar-refractivity contribution in [3.05, 3.63) is 0 Å². The topological polar surface area (TPSA) is 69.7 Å². The summed E-state index contributed by atoms with van der Waals surface area (Å²) in [7, 11) is -0.420. The van der Waals surface area contributed by atoms with Crippen LogP contribution in [0.5, 0.6) is 0 Å². The molecule has 0 aromatic rings. The Balaban J connectivity index is 2.95. The Kier molecular flexibility index (Phi) is 6.42. The highest BCUT2D eigenvalue weighted by Gasteiger charge is 2.38. The third-order valence-electron chi connectivity index (χ3n) is 3.72. The lowest BCUT2D eigenvalue weighted by atomic mass is 10.1. The van der Waals surface area contributed by atoms with Crippen LogP contribution in [0, 0.1) is 0 Å². The number of nitrogens with one attached hydrogen (secondary N) is 1. The second-order valence-electron chi connectivity index (χ2n) is 5.51. The van der Waals surface area contributed by atoms with Gasteiger partial charge in [0, 0.05) is 26.7 Å². The number of carbonyl (C=O) groups excluding carboxylic acids is 1. The molecule has 0 saturated carbocycles. The molecule has 0 spiro atoms. The van der Waals surface area contributed by atoms with E-state index in [1.165, 1.54) is 11.8 Å². The average Bonchev–Trinajstić information content (AvgIpc) is 2.43. The summed E-state index contributed by atoms with van der Waals surface area (Å²) in [5.41, 5.74) is 0. The summed E-state index contributed by atoms with van der Waals surface area (Å²) in [5, 5.41) is 2.22. The Labute approximate surface area is 122 Å². The van der Waals surface area contributed by atoms with Crippen LogP contribution in [0.4, 0.5) is 0 Å². The number of carbonyl (C=O) groups is 1. The van der Waals surface area contributed by atoms with Crippen molar-refractivity contribution >= 4 is 15.9 Å². The number of amides is 1. The average molecular weight is 305 g/mol. The van der Waals surface area contributed by atoms with Gasteiger partial charge in [-0.3, -0.25) is 4.79 Å². The highest BCUT2D eigenvalue weighted by molar-refractivity contribution is 7.90. The summed E-state index contributed by atoms with van der Waals surface area (Å²) in [6.45, 7) is 5.59. The maximum atomic E-state index is 12.7. The van der Waals surface area contributed by atoms with E-state index in [9.17, 15) is 13.2 Å². The molecule has 118 valence electrons. The molecule has 1 fully saturated rings. The number of sulfonamides is 1. The highest BCUT2D eigenvalue weighted by atomic mass is 32.2. The standard InChI is InChI=1S/C13H27N3O3S/c1-5-10-16(12-6-8-14-9-7-12)20(18,19)11(2)13(17)15(3)4/h11-12,14H,5-10H2,1-4H3. The fraction of sp³-hybridized carbons (Fsp3) is 0.923. The van der Waals surface area contributed by atoms with E-state index >= 15 is 0 Å². The van der Waals surface area contributed by atoms with Crippen molar-refractivity contribution < 1.29 is 13.2 Å². The first-order valence-corrected chi connectivity index (χ1v) is 8.75. The Bertz CT molecular complexity index is 417. The van der Waals surface area contributed by atoms with Crippen molar-refractivity contribution in [1.29, 1.82) is 0 Å². The third kappa shape index (κ3) is 3.93. The molecule has 1 rings (SSSR count). The van der Waals surface area contributed by atoms with Gasteiger partial charge >= 0.3 is 0 Å². The van der Waals surface area contributed by atoms with Crippen LogP contribution < -0.4 is 5.32 Å². The predicted octanol–water partition coefficient (Wildman–Crippen LogP) is 0.257. The molecule has 1 heterocycles. The van der Waals surface area contributed by atoms with Gasteiger partial charge in [-0.05, 0) is 39.3 Å². The molecule has 20 heavy (non-hydrogen) atoms. The quantitative estimate of drug-likeness (QED) is 0.764. The third-order valence-corrected chi connectivity index (χ3v) is 5.95. The molecule has 7 heteroatoms. The van der Waals surface area contributed by atoms with Crippen LogP contribution in [-0.2, 0) is 14.8 Å². The largest absolute Gasteiger partial charge is 0.348 e. The fourth-order valence-corrected chi connectivity index (χ4v) is 4.46. The second kappa shape index (κ2) is 7.38. The van der Waals surface area contributed by atoms with Crippen molar-refractivity contribution in [1.82, 2.24) is 14.5 Å². The summed E-state index contributed by atoms with van der Waals surface area (Å²) >= 11 is 0. The van der Waals surface area contributed by atoms with Crippen LogP contribution in [0.15, 0.2) is 0 Å². The number of hydrogen-bond donors (Lipinski definition) is 1. The molecule has 1 unspecified atom stereocenters. The maximum Gasteiger partial charge on any atom is 0.241 e. The van der Waals surface area contributed by atoms with Gasteiger partial charge < -0.3 is 10.2 Å². The first-order chi connectivity index (χ1) is 9.32. The van der Waals surface area contributed by atoms with Gasteiger partial charge in [0.2, 0.25) is 15.9 Å². The normalized spacial score (nSPS) is 19.1. The number of rotatable bonds is 6. The maximum absolute atomic E-state index is 12.7. The minimum atomic E-state index is -3.59. The van der Waals surface area contributed by atoms with Crippen LogP contribution >= 0.6 is 0 Å². The van der Waals surface area contributed by atoms with E-state index in [0.29, 0.717) is 6.54 Å². The van der Waals surface area contributed by atoms with E-state index in [1.54, 1.807) is 18.4 Å². The van der Waals surface area contributed by atoms with Crippen LogP contribution in [0.25, 0.3) is 0 Å². The van der Waals surface area contributed by atoms with E-state index < -0.39 is 15.3 Å². The SMILES string of the molecule is CCCN(C1CCNCC1)S(=O)(=O)C(C)C(=O)N(C)C. The lowest BCUT2D eigenvalue weighted by Gasteiger charge is -2.35. The minimum Gasteiger partial charge on any atom is -0.348 e.